The Morgan fingerprint density at radius 3 is 2.62 bits per heavy atom. The fraction of sp³-hybridized carbons (Fsp3) is 0.455. The summed E-state index contributed by atoms with van der Waals surface area (Å²) in [6.07, 6.45) is 0. The van der Waals surface area contributed by atoms with Gasteiger partial charge < -0.3 is 10.6 Å². The number of nitrogens with zero attached hydrogens (tertiary/aromatic N) is 1. The van der Waals surface area contributed by atoms with Crippen molar-refractivity contribution >= 4 is 0 Å². The normalized spacial score (nSPS) is 13.3. The molecule has 1 aromatic rings. The first kappa shape index (κ1) is 10.2. The summed E-state index contributed by atoms with van der Waals surface area (Å²) in [5, 5.41) is 0. The number of benzene rings is 1. The highest BCUT2D eigenvalue weighted by Crippen LogP contribution is 2.12. The van der Waals surface area contributed by atoms with Crippen molar-refractivity contribution in [3.63, 3.8) is 0 Å². The molecular formula is C11H18N2. The van der Waals surface area contributed by atoms with Crippen molar-refractivity contribution in [2.24, 2.45) is 5.73 Å². The molecule has 1 rings (SSSR count). The van der Waals surface area contributed by atoms with Gasteiger partial charge in [0.05, 0.1) is 0 Å². The molecule has 0 heterocycles. The van der Waals surface area contributed by atoms with Crippen LogP contribution in [0.3, 0.4) is 0 Å². The van der Waals surface area contributed by atoms with E-state index in [1.54, 1.807) is 0 Å². The lowest BCUT2D eigenvalue weighted by Gasteiger charge is -2.12. The van der Waals surface area contributed by atoms with Gasteiger partial charge in [0, 0.05) is 12.6 Å². The van der Waals surface area contributed by atoms with Crippen LogP contribution in [0.1, 0.15) is 24.1 Å². The lowest BCUT2D eigenvalue weighted by atomic mass is 10.1. The van der Waals surface area contributed by atoms with Gasteiger partial charge in [0.1, 0.15) is 0 Å². The molecule has 0 saturated carbocycles. The summed E-state index contributed by atoms with van der Waals surface area (Å²) in [5.74, 6) is 0. The summed E-state index contributed by atoms with van der Waals surface area (Å²) in [6, 6.07) is 8.57. The van der Waals surface area contributed by atoms with Gasteiger partial charge in [-0.1, -0.05) is 24.3 Å². The zero-order valence-corrected chi connectivity index (χ0v) is 8.62. The molecule has 1 aromatic carbocycles. The minimum atomic E-state index is 0.127. The summed E-state index contributed by atoms with van der Waals surface area (Å²) < 4.78 is 0. The number of hydrogen-bond acceptors (Lipinski definition) is 2. The molecule has 13 heavy (non-hydrogen) atoms. The molecule has 0 radical (unpaired) electrons. The SMILES string of the molecule is CC(N)c1cccc(CN(C)C)c1. The van der Waals surface area contributed by atoms with Gasteiger partial charge >= 0.3 is 0 Å². The molecule has 0 amide bonds. The van der Waals surface area contributed by atoms with E-state index in [0.29, 0.717) is 0 Å². The van der Waals surface area contributed by atoms with Crippen molar-refractivity contribution in [3.8, 4) is 0 Å². The second-order valence-corrected chi connectivity index (χ2v) is 3.77. The fourth-order valence-corrected chi connectivity index (χ4v) is 1.34. The van der Waals surface area contributed by atoms with Crippen LogP contribution >= 0.6 is 0 Å². The molecule has 2 heteroatoms. The zero-order chi connectivity index (χ0) is 9.84. The van der Waals surface area contributed by atoms with Gasteiger partial charge in [0.2, 0.25) is 0 Å². The molecular weight excluding hydrogens is 160 g/mol. The molecule has 0 fully saturated rings. The molecule has 0 bridgehead atoms. The van der Waals surface area contributed by atoms with Crippen molar-refractivity contribution < 1.29 is 0 Å². The van der Waals surface area contributed by atoms with Crippen LogP contribution in [-0.2, 0) is 6.54 Å². The maximum Gasteiger partial charge on any atom is 0.0266 e. The highest BCUT2D eigenvalue weighted by Gasteiger charge is 2.00. The van der Waals surface area contributed by atoms with Crippen LogP contribution in [0.5, 0.6) is 0 Å². The highest BCUT2D eigenvalue weighted by atomic mass is 15.0. The van der Waals surface area contributed by atoms with Gasteiger partial charge in [-0.3, -0.25) is 0 Å². The molecule has 0 saturated heterocycles. The summed E-state index contributed by atoms with van der Waals surface area (Å²) in [5.41, 5.74) is 8.33. The predicted octanol–water partition coefficient (Wildman–Crippen LogP) is 1.77. The smallest absolute Gasteiger partial charge is 0.0266 e. The first-order chi connectivity index (χ1) is 6.09. The Balaban J connectivity index is 2.79. The van der Waals surface area contributed by atoms with Gasteiger partial charge in [0.25, 0.3) is 0 Å². The third kappa shape index (κ3) is 3.17. The molecule has 72 valence electrons. The van der Waals surface area contributed by atoms with Crippen LogP contribution in [-0.4, -0.2) is 19.0 Å². The topological polar surface area (TPSA) is 29.3 Å². The minimum absolute atomic E-state index is 0.127. The van der Waals surface area contributed by atoms with Crippen LogP contribution in [0.15, 0.2) is 24.3 Å². The van der Waals surface area contributed by atoms with E-state index in [-0.39, 0.29) is 6.04 Å². The van der Waals surface area contributed by atoms with Gasteiger partial charge in [0.15, 0.2) is 0 Å². The van der Waals surface area contributed by atoms with Crippen LogP contribution in [0.4, 0.5) is 0 Å². The molecule has 0 aliphatic carbocycles. The minimum Gasteiger partial charge on any atom is -0.324 e. The lowest BCUT2D eigenvalue weighted by Crippen LogP contribution is -2.11. The quantitative estimate of drug-likeness (QED) is 0.764. The number of rotatable bonds is 3. The molecule has 1 unspecified atom stereocenters. The fourth-order valence-electron chi connectivity index (χ4n) is 1.34. The van der Waals surface area contributed by atoms with E-state index in [0.717, 1.165) is 6.54 Å². The van der Waals surface area contributed by atoms with Crippen molar-refractivity contribution in [1.82, 2.24) is 4.90 Å². The molecule has 0 aromatic heterocycles. The molecule has 0 aliphatic rings. The van der Waals surface area contributed by atoms with E-state index in [4.69, 9.17) is 5.73 Å². The van der Waals surface area contributed by atoms with Crippen LogP contribution < -0.4 is 5.73 Å². The summed E-state index contributed by atoms with van der Waals surface area (Å²) in [4.78, 5) is 2.15. The Labute approximate surface area is 80.4 Å². The first-order valence-electron chi connectivity index (χ1n) is 4.58. The highest BCUT2D eigenvalue weighted by molar-refractivity contribution is 5.25. The molecule has 2 nitrogen and oxygen atoms in total. The van der Waals surface area contributed by atoms with E-state index in [1.165, 1.54) is 11.1 Å². The van der Waals surface area contributed by atoms with E-state index >= 15 is 0 Å². The van der Waals surface area contributed by atoms with Crippen LogP contribution in [0.2, 0.25) is 0 Å². The van der Waals surface area contributed by atoms with Crippen molar-refractivity contribution in [1.29, 1.82) is 0 Å². The Bertz CT molecular complexity index is 267. The third-order valence-electron chi connectivity index (χ3n) is 1.98. The van der Waals surface area contributed by atoms with Crippen LogP contribution in [0.25, 0.3) is 0 Å². The second-order valence-electron chi connectivity index (χ2n) is 3.77. The van der Waals surface area contributed by atoms with Crippen molar-refractivity contribution in [3.05, 3.63) is 35.4 Å². The third-order valence-corrected chi connectivity index (χ3v) is 1.98. The Hall–Kier alpha value is -0.860. The lowest BCUT2D eigenvalue weighted by molar-refractivity contribution is 0.402. The number of nitrogens with two attached hydrogens (primary N) is 1. The summed E-state index contributed by atoms with van der Waals surface area (Å²) in [7, 11) is 4.14. The maximum absolute atomic E-state index is 5.80. The Morgan fingerprint density at radius 1 is 1.38 bits per heavy atom. The molecule has 1 atom stereocenters. The van der Waals surface area contributed by atoms with Gasteiger partial charge in [-0.2, -0.15) is 0 Å². The molecule has 2 N–H and O–H groups in total. The average molecular weight is 178 g/mol. The summed E-state index contributed by atoms with van der Waals surface area (Å²) in [6.45, 7) is 2.98. The standard InChI is InChI=1S/C11H18N2/c1-9(12)11-6-4-5-10(7-11)8-13(2)3/h4-7,9H,8,12H2,1-3H3. The Kier molecular flexibility index (Phi) is 3.46. The average Bonchev–Trinajstić information content (AvgIpc) is 2.03. The molecule has 0 spiro atoms. The monoisotopic (exact) mass is 178 g/mol. The van der Waals surface area contributed by atoms with Crippen LogP contribution in [0, 0.1) is 0 Å². The zero-order valence-electron chi connectivity index (χ0n) is 8.62. The van der Waals surface area contributed by atoms with Gasteiger partial charge in [-0.05, 0) is 32.1 Å². The predicted molar refractivity (Wildman–Crippen MR) is 56.4 cm³/mol. The molecule has 0 aliphatic heterocycles. The largest absolute Gasteiger partial charge is 0.324 e. The van der Waals surface area contributed by atoms with Crippen molar-refractivity contribution in [2.45, 2.75) is 19.5 Å². The first-order valence-corrected chi connectivity index (χ1v) is 4.58. The van der Waals surface area contributed by atoms with E-state index in [9.17, 15) is 0 Å². The van der Waals surface area contributed by atoms with E-state index < -0.39 is 0 Å². The maximum atomic E-state index is 5.80. The Morgan fingerprint density at radius 2 is 2.08 bits per heavy atom. The van der Waals surface area contributed by atoms with E-state index in [1.807, 2.05) is 6.92 Å². The van der Waals surface area contributed by atoms with Crippen molar-refractivity contribution in [2.75, 3.05) is 14.1 Å². The second kappa shape index (κ2) is 4.40. The van der Waals surface area contributed by atoms with E-state index in [2.05, 4.69) is 43.3 Å². The summed E-state index contributed by atoms with van der Waals surface area (Å²) >= 11 is 0. The van der Waals surface area contributed by atoms with Gasteiger partial charge in [-0.25, -0.2) is 0 Å². The number of hydrogen-bond donors (Lipinski definition) is 1. The van der Waals surface area contributed by atoms with Gasteiger partial charge in [-0.15, -0.1) is 0 Å².